The number of aromatic nitrogens is 1. The van der Waals surface area contributed by atoms with Crippen LogP contribution < -0.4 is 29.3 Å². The Morgan fingerprint density at radius 2 is 1.84 bits per heavy atom. The summed E-state index contributed by atoms with van der Waals surface area (Å²) in [6, 6.07) is 12.5. The maximum atomic E-state index is 13.8. The van der Waals surface area contributed by atoms with Crippen molar-refractivity contribution in [3.05, 3.63) is 97.2 Å². The fraction of sp³-hybridized carbons (Fsp3) is 0.250. The van der Waals surface area contributed by atoms with Gasteiger partial charge in [0, 0.05) is 19.8 Å². The molecule has 1 atom stereocenters. The first kappa shape index (κ1) is 26.0. The summed E-state index contributed by atoms with van der Waals surface area (Å²) in [6.45, 7) is 5.41. The molecule has 2 aromatic carbocycles. The average molecular weight is 520 g/mol. The minimum atomic E-state index is -0.758. The van der Waals surface area contributed by atoms with E-state index in [0.29, 0.717) is 32.1 Å². The molecule has 0 amide bonds. The number of anilines is 1. The van der Waals surface area contributed by atoms with Crippen LogP contribution in [0.2, 0.25) is 0 Å². The highest BCUT2D eigenvalue weighted by Crippen LogP contribution is 2.36. The van der Waals surface area contributed by atoms with Crippen molar-refractivity contribution in [3.63, 3.8) is 0 Å². The van der Waals surface area contributed by atoms with Crippen molar-refractivity contribution in [1.29, 1.82) is 0 Å². The standard InChI is InChI=1S/C28H29N3O5S/c1-7-14-36-27(33)24-17(2)29-28-31(25(24)19-10-13-21(34-5)22(16-19)35-6)26(32)23(37-28)15-18-8-11-20(12-9-18)30(3)4/h7-13,15-16,25H,1,14H2,2-6H3/b23-15+. The number of fused-ring (bicyclic) bond motifs is 1. The predicted octanol–water partition coefficient (Wildman–Crippen LogP) is 3.05. The van der Waals surface area contributed by atoms with E-state index >= 15 is 0 Å². The van der Waals surface area contributed by atoms with Crippen LogP contribution in [0.4, 0.5) is 5.69 Å². The molecule has 0 N–H and O–H groups in total. The molecule has 0 aliphatic carbocycles. The summed E-state index contributed by atoms with van der Waals surface area (Å²) < 4.78 is 18.3. The third-order valence-corrected chi connectivity index (χ3v) is 6.99. The molecule has 1 aromatic heterocycles. The van der Waals surface area contributed by atoms with Crippen LogP contribution in [-0.2, 0) is 9.53 Å². The van der Waals surface area contributed by atoms with Crippen LogP contribution in [0.25, 0.3) is 6.08 Å². The first-order chi connectivity index (χ1) is 17.8. The Balaban J connectivity index is 1.91. The van der Waals surface area contributed by atoms with E-state index in [4.69, 9.17) is 14.2 Å². The van der Waals surface area contributed by atoms with Crippen LogP contribution in [0, 0.1) is 0 Å². The molecule has 3 aromatic rings. The fourth-order valence-corrected chi connectivity index (χ4v) is 5.20. The van der Waals surface area contributed by atoms with Gasteiger partial charge in [0.05, 0.1) is 36.1 Å². The number of nitrogens with zero attached hydrogens (tertiary/aromatic N) is 3. The number of hydrogen-bond acceptors (Lipinski definition) is 8. The summed E-state index contributed by atoms with van der Waals surface area (Å²) in [4.78, 5) is 34.1. The summed E-state index contributed by atoms with van der Waals surface area (Å²) in [6.07, 6.45) is 3.33. The van der Waals surface area contributed by atoms with Crippen LogP contribution in [0.15, 0.2) is 76.2 Å². The lowest BCUT2D eigenvalue weighted by Gasteiger charge is -2.25. The lowest BCUT2D eigenvalue weighted by molar-refractivity contribution is -0.138. The molecule has 37 heavy (non-hydrogen) atoms. The van der Waals surface area contributed by atoms with Crippen molar-refractivity contribution in [3.8, 4) is 11.5 Å². The van der Waals surface area contributed by atoms with E-state index in [0.717, 1.165) is 11.3 Å². The second-order valence-corrected chi connectivity index (χ2v) is 9.58. The van der Waals surface area contributed by atoms with Gasteiger partial charge in [0.1, 0.15) is 6.61 Å². The average Bonchev–Trinajstić information content (AvgIpc) is 3.20. The highest BCUT2D eigenvalue weighted by Gasteiger charge is 2.34. The lowest BCUT2D eigenvalue weighted by atomic mass is 9.95. The third kappa shape index (κ3) is 5.08. The van der Waals surface area contributed by atoms with Gasteiger partial charge >= 0.3 is 5.97 Å². The number of hydrogen-bond donors (Lipinski definition) is 0. The Hall–Kier alpha value is -4.11. The zero-order valence-corrected chi connectivity index (χ0v) is 22.3. The number of allylic oxidation sites excluding steroid dienone is 1. The molecule has 0 bridgehead atoms. The maximum Gasteiger partial charge on any atom is 0.338 e. The Morgan fingerprint density at radius 3 is 2.46 bits per heavy atom. The topological polar surface area (TPSA) is 82.4 Å². The highest BCUT2D eigenvalue weighted by molar-refractivity contribution is 7.07. The summed E-state index contributed by atoms with van der Waals surface area (Å²) in [5.41, 5.74) is 3.13. The summed E-state index contributed by atoms with van der Waals surface area (Å²) >= 11 is 1.28. The van der Waals surface area contributed by atoms with Gasteiger partial charge in [0.15, 0.2) is 16.3 Å². The fourth-order valence-electron chi connectivity index (χ4n) is 4.15. The number of ether oxygens (including phenoxy) is 3. The van der Waals surface area contributed by atoms with E-state index in [-0.39, 0.29) is 17.7 Å². The predicted molar refractivity (Wildman–Crippen MR) is 145 cm³/mol. The summed E-state index contributed by atoms with van der Waals surface area (Å²) in [5.74, 6) is 0.461. The molecule has 0 saturated carbocycles. The molecule has 1 unspecified atom stereocenters. The Morgan fingerprint density at radius 1 is 1.14 bits per heavy atom. The molecule has 1 aliphatic rings. The lowest BCUT2D eigenvalue weighted by Crippen LogP contribution is -2.40. The SMILES string of the molecule is C=CCOC(=O)C1=C(C)N=c2s/c(=C/c3ccc(N(C)C)cc3)c(=O)n2C1c1ccc(OC)c(OC)c1. The highest BCUT2D eigenvalue weighted by atomic mass is 32.1. The van der Waals surface area contributed by atoms with E-state index in [1.165, 1.54) is 24.5 Å². The molecule has 192 valence electrons. The minimum Gasteiger partial charge on any atom is -0.493 e. The van der Waals surface area contributed by atoms with Crippen molar-refractivity contribution in [2.75, 3.05) is 39.8 Å². The van der Waals surface area contributed by atoms with Crippen molar-refractivity contribution < 1.29 is 19.0 Å². The largest absolute Gasteiger partial charge is 0.493 e. The van der Waals surface area contributed by atoms with Crippen LogP contribution in [0.1, 0.15) is 24.1 Å². The molecular formula is C28H29N3O5S. The molecular weight excluding hydrogens is 490 g/mol. The van der Waals surface area contributed by atoms with Gasteiger partial charge < -0.3 is 19.1 Å². The molecule has 9 heteroatoms. The van der Waals surface area contributed by atoms with Crippen molar-refractivity contribution in [2.24, 2.45) is 4.99 Å². The quantitative estimate of drug-likeness (QED) is 0.336. The van der Waals surface area contributed by atoms with Crippen LogP contribution in [0.5, 0.6) is 11.5 Å². The molecule has 8 nitrogen and oxygen atoms in total. The number of carbonyl (C=O) groups is 1. The first-order valence-electron chi connectivity index (χ1n) is 11.6. The minimum absolute atomic E-state index is 0.0433. The van der Waals surface area contributed by atoms with Gasteiger partial charge in [-0.2, -0.15) is 0 Å². The van der Waals surface area contributed by atoms with E-state index in [1.807, 2.05) is 55.4 Å². The zero-order chi connectivity index (χ0) is 26.7. The molecule has 0 spiro atoms. The molecule has 4 rings (SSSR count). The van der Waals surface area contributed by atoms with Gasteiger partial charge in [-0.3, -0.25) is 9.36 Å². The van der Waals surface area contributed by atoms with Gasteiger partial charge in [-0.25, -0.2) is 9.79 Å². The number of benzene rings is 2. The van der Waals surface area contributed by atoms with Crippen molar-refractivity contribution in [2.45, 2.75) is 13.0 Å². The molecule has 0 fully saturated rings. The number of methoxy groups -OCH3 is 2. The molecule has 1 aliphatic heterocycles. The van der Waals surface area contributed by atoms with Crippen molar-refractivity contribution in [1.82, 2.24) is 4.57 Å². The zero-order valence-electron chi connectivity index (χ0n) is 21.5. The number of thiazole rings is 1. The first-order valence-corrected chi connectivity index (χ1v) is 12.4. The van der Waals surface area contributed by atoms with E-state index in [2.05, 4.69) is 11.6 Å². The van der Waals surface area contributed by atoms with Crippen LogP contribution in [0.3, 0.4) is 0 Å². The summed E-state index contributed by atoms with van der Waals surface area (Å²) in [7, 11) is 7.03. The van der Waals surface area contributed by atoms with E-state index in [1.54, 1.807) is 30.7 Å². The van der Waals surface area contributed by atoms with Gasteiger partial charge in [-0.1, -0.05) is 42.2 Å². The van der Waals surface area contributed by atoms with Gasteiger partial charge in [-0.05, 0) is 48.4 Å². The normalized spacial score (nSPS) is 15.1. The third-order valence-electron chi connectivity index (χ3n) is 6.00. The van der Waals surface area contributed by atoms with E-state index < -0.39 is 12.0 Å². The molecule has 0 saturated heterocycles. The Bertz CT molecular complexity index is 1550. The van der Waals surface area contributed by atoms with Gasteiger partial charge in [0.2, 0.25) is 0 Å². The Kier molecular flexibility index (Phi) is 7.63. The smallest absolute Gasteiger partial charge is 0.338 e. The van der Waals surface area contributed by atoms with E-state index in [9.17, 15) is 9.59 Å². The van der Waals surface area contributed by atoms with Gasteiger partial charge in [-0.15, -0.1) is 0 Å². The Labute approximate surface area is 219 Å². The van der Waals surface area contributed by atoms with Crippen LogP contribution in [-0.4, -0.2) is 45.5 Å². The monoisotopic (exact) mass is 519 g/mol. The second-order valence-electron chi connectivity index (χ2n) is 8.57. The number of carbonyl (C=O) groups excluding carboxylic acids is 1. The molecule has 0 radical (unpaired) electrons. The summed E-state index contributed by atoms with van der Waals surface area (Å²) in [5, 5.41) is 0. The molecule has 2 heterocycles. The number of rotatable bonds is 8. The number of esters is 1. The van der Waals surface area contributed by atoms with Gasteiger partial charge in [0.25, 0.3) is 5.56 Å². The van der Waals surface area contributed by atoms with Crippen molar-refractivity contribution >= 4 is 29.1 Å². The maximum absolute atomic E-state index is 13.8. The second kappa shape index (κ2) is 10.9. The van der Waals surface area contributed by atoms with Crippen LogP contribution >= 0.6 is 11.3 Å².